The lowest BCUT2D eigenvalue weighted by molar-refractivity contribution is -0.162. The van der Waals surface area contributed by atoms with E-state index in [9.17, 15) is 9.59 Å². The maximum Gasteiger partial charge on any atom is 0.334 e. The van der Waals surface area contributed by atoms with Gasteiger partial charge in [-0.15, -0.1) is 0 Å². The van der Waals surface area contributed by atoms with Gasteiger partial charge < -0.3 is 14.2 Å². The second kappa shape index (κ2) is 6.89. The molecule has 1 heterocycles. The van der Waals surface area contributed by atoms with Crippen LogP contribution in [0.4, 0.5) is 0 Å². The van der Waals surface area contributed by atoms with E-state index in [1.165, 1.54) is 0 Å². The third kappa shape index (κ3) is 3.94. The Bertz CT molecular complexity index is 459. The molecule has 0 radical (unpaired) electrons. The van der Waals surface area contributed by atoms with Crippen molar-refractivity contribution in [1.82, 2.24) is 0 Å². The highest BCUT2D eigenvalue weighted by molar-refractivity contribution is 5.91. The average molecular weight is 294 g/mol. The van der Waals surface area contributed by atoms with Gasteiger partial charge in [0.05, 0.1) is 25.2 Å². The number of hydrogen-bond acceptors (Lipinski definition) is 5. The second-order valence-electron chi connectivity index (χ2n) is 5.58. The summed E-state index contributed by atoms with van der Waals surface area (Å²) in [7, 11) is 0. The van der Waals surface area contributed by atoms with Crippen LogP contribution in [0.25, 0.3) is 0 Å². The number of ether oxygens (including phenoxy) is 3. The molecule has 0 saturated carbocycles. The maximum absolute atomic E-state index is 12.4. The summed E-state index contributed by atoms with van der Waals surface area (Å²) in [5.74, 6) is -0.660. The summed E-state index contributed by atoms with van der Waals surface area (Å²) in [6, 6.07) is 0. The maximum atomic E-state index is 12.4. The van der Waals surface area contributed by atoms with Crippen molar-refractivity contribution in [2.45, 2.75) is 39.2 Å². The lowest BCUT2D eigenvalue weighted by Gasteiger charge is -2.30. The normalized spacial score (nSPS) is 26.1. The third-order valence-electron chi connectivity index (χ3n) is 3.77. The van der Waals surface area contributed by atoms with Crippen LogP contribution in [0.5, 0.6) is 0 Å². The Hall–Kier alpha value is -1.62. The van der Waals surface area contributed by atoms with Crippen LogP contribution in [0.3, 0.4) is 0 Å². The minimum Gasteiger partial charge on any atom is -0.463 e. The fraction of sp³-hybridized carbons (Fsp3) is 0.625. The van der Waals surface area contributed by atoms with Gasteiger partial charge in [-0.25, -0.2) is 4.79 Å². The summed E-state index contributed by atoms with van der Waals surface area (Å²) in [6.07, 6.45) is 6.89. The molecule has 1 fully saturated rings. The molecule has 21 heavy (non-hydrogen) atoms. The monoisotopic (exact) mass is 294 g/mol. The van der Waals surface area contributed by atoms with Gasteiger partial charge in [-0.3, -0.25) is 4.79 Å². The van der Waals surface area contributed by atoms with Gasteiger partial charge in [0, 0.05) is 18.4 Å². The molecule has 1 atom stereocenters. The van der Waals surface area contributed by atoms with Gasteiger partial charge in [-0.2, -0.15) is 0 Å². The average Bonchev–Trinajstić information content (AvgIpc) is 2.48. The Morgan fingerprint density at radius 1 is 1.38 bits per heavy atom. The lowest BCUT2D eigenvalue weighted by Crippen LogP contribution is -2.36. The van der Waals surface area contributed by atoms with Crippen molar-refractivity contribution >= 4 is 11.9 Å². The molecular formula is C16H22O5. The van der Waals surface area contributed by atoms with Gasteiger partial charge in [-0.1, -0.05) is 18.2 Å². The molecule has 1 aliphatic heterocycles. The smallest absolute Gasteiger partial charge is 0.334 e. The lowest BCUT2D eigenvalue weighted by atomic mass is 9.80. The minimum atomic E-state index is -0.810. The Kier molecular flexibility index (Phi) is 5.17. The zero-order valence-electron chi connectivity index (χ0n) is 12.6. The van der Waals surface area contributed by atoms with Crippen LogP contribution in [0.15, 0.2) is 23.8 Å². The third-order valence-corrected chi connectivity index (χ3v) is 3.77. The van der Waals surface area contributed by atoms with E-state index >= 15 is 0 Å². The van der Waals surface area contributed by atoms with E-state index in [0.29, 0.717) is 31.8 Å². The summed E-state index contributed by atoms with van der Waals surface area (Å²) >= 11 is 0. The summed E-state index contributed by atoms with van der Waals surface area (Å²) < 4.78 is 15.8. The number of carbonyl (C=O) groups excluding carboxylic acids is 2. The Balaban J connectivity index is 1.98. The predicted molar refractivity (Wildman–Crippen MR) is 76.5 cm³/mol. The first kappa shape index (κ1) is 15.8. The van der Waals surface area contributed by atoms with Gasteiger partial charge in [0.2, 0.25) is 0 Å². The molecule has 1 unspecified atom stereocenters. The molecule has 5 nitrogen and oxygen atoms in total. The summed E-state index contributed by atoms with van der Waals surface area (Å²) in [5.41, 5.74) is -0.305. The van der Waals surface area contributed by atoms with Crippen molar-refractivity contribution in [2.24, 2.45) is 5.41 Å². The zero-order valence-corrected chi connectivity index (χ0v) is 12.6. The van der Waals surface area contributed by atoms with Gasteiger partial charge in [-0.05, 0) is 20.3 Å². The van der Waals surface area contributed by atoms with Crippen molar-refractivity contribution in [3.05, 3.63) is 23.8 Å². The zero-order chi connectivity index (χ0) is 15.3. The van der Waals surface area contributed by atoms with Crippen LogP contribution >= 0.6 is 0 Å². The molecule has 2 rings (SSSR count). The largest absolute Gasteiger partial charge is 0.463 e. The van der Waals surface area contributed by atoms with Crippen molar-refractivity contribution in [3.63, 3.8) is 0 Å². The molecule has 1 aliphatic carbocycles. The number of allylic oxidation sites excluding steroid dienone is 2. The van der Waals surface area contributed by atoms with Crippen LogP contribution in [-0.2, 0) is 23.8 Å². The minimum absolute atomic E-state index is 0.0894. The SMILES string of the molecule is CCOC(=O)C1=CC=CC(C)(C(=O)OC2CCOCC2)C1. The predicted octanol–water partition coefficient (Wildman–Crippen LogP) is 2.16. The summed E-state index contributed by atoms with van der Waals surface area (Å²) in [5, 5.41) is 0. The number of carbonyl (C=O) groups is 2. The van der Waals surface area contributed by atoms with Crippen LogP contribution in [-0.4, -0.2) is 37.9 Å². The molecule has 0 aromatic rings. The second-order valence-corrected chi connectivity index (χ2v) is 5.58. The number of esters is 2. The summed E-state index contributed by atoms with van der Waals surface area (Å²) in [4.78, 5) is 24.2. The highest BCUT2D eigenvalue weighted by Gasteiger charge is 2.38. The molecular weight excluding hydrogens is 272 g/mol. The first-order valence-electron chi connectivity index (χ1n) is 7.39. The van der Waals surface area contributed by atoms with E-state index in [1.807, 2.05) is 0 Å². The molecule has 116 valence electrons. The molecule has 0 aromatic carbocycles. The summed E-state index contributed by atoms with van der Waals surface area (Å²) in [6.45, 7) is 5.12. The molecule has 0 N–H and O–H groups in total. The van der Waals surface area contributed by atoms with E-state index in [-0.39, 0.29) is 18.0 Å². The van der Waals surface area contributed by atoms with Gasteiger partial charge in [0.25, 0.3) is 0 Å². The number of hydrogen-bond donors (Lipinski definition) is 0. The van der Waals surface area contributed by atoms with E-state index in [0.717, 1.165) is 12.8 Å². The fourth-order valence-electron chi connectivity index (χ4n) is 2.47. The first-order valence-corrected chi connectivity index (χ1v) is 7.39. The molecule has 0 bridgehead atoms. The van der Waals surface area contributed by atoms with Crippen molar-refractivity contribution < 1.29 is 23.8 Å². The van der Waals surface area contributed by atoms with E-state index in [1.54, 1.807) is 32.1 Å². The van der Waals surface area contributed by atoms with E-state index in [4.69, 9.17) is 14.2 Å². The number of rotatable bonds is 4. The van der Waals surface area contributed by atoms with Crippen LogP contribution in [0.1, 0.15) is 33.1 Å². The topological polar surface area (TPSA) is 61.8 Å². The molecule has 0 aromatic heterocycles. The van der Waals surface area contributed by atoms with Gasteiger partial charge >= 0.3 is 11.9 Å². The van der Waals surface area contributed by atoms with Crippen LogP contribution in [0, 0.1) is 5.41 Å². The highest BCUT2D eigenvalue weighted by atomic mass is 16.6. The van der Waals surface area contributed by atoms with E-state index in [2.05, 4.69) is 0 Å². The van der Waals surface area contributed by atoms with Crippen LogP contribution in [0.2, 0.25) is 0 Å². The quantitative estimate of drug-likeness (QED) is 0.744. The Morgan fingerprint density at radius 3 is 2.76 bits per heavy atom. The molecule has 2 aliphatic rings. The van der Waals surface area contributed by atoms with Crippen molar-refractivity contribution in [3.8, 4) is 0 Å². The van der Waals surface area contributed by atoms with Gasteiger partial charge in [0.1, 0.15) is 6.10 Å². The Labute approximate surface area is 124 Å². The molecule has 0 amide bonds. The molecule has 0 spiro atoms. The van der Waals surface area contributed by atoms with Crippen molar-refractivity contribution in [2.75, 3.05) is 19.8 Å². The van der Waals surface area contributed by atoms with Crippen molar-refractivity contribution in [1.29, 1.82) is 0 Å². The van der Waals surface area contributed by atoms with E-state index < -0.39 is 5.41 Å². The van der Waals surface area contributed by atoms with Crippen LogP contribution < -0.4 is 0 Å². The molecule has 1 saturated heterocycles. The highest BCUT2D eigenvalue weighted by Crippen LogP contribution is 2.34. The standard InChI is InChI=1S/C16H22O5/c1-3-20-14(17)12-5-4-8-16(2,11-12)15(18)21-13-6-9-19-10-7-13/h4-5,8,13H,3,6-7,9-11H2,1-2H3. The first-order chi connectivity index (χ1) is 10.0. The fourth-order valence-corrected chi connectivity index (χ4v) is 2.47. The Morgan fingerprint density at radius 2 is 2.10 bits per heavy atom. The van der Waals surface area contributed by atoms with Gasteiger partial charge in [0.15, 0.2) is 0 Å². The molecule has 5 heteroatoms.